The van der Waals surface area contributed by atoms with Gasteiger partial charge in [0.05, 0.1) is 12.7 Å². The second-order valence-corrected chi connectivity index (χ2v) is 8.61. The number of benzene rings is 3. The van der Waals surface area contributed by atoms with Crippen molar-refractivity contribution in [3.8, 4) is 17.2 Å². The van der Waals surface area contributed by atoms with Crippen molar-refractivity contribution in [1.29, 1.82) is 0 Å². The fraction of sp³-hybridized carbons (Fsp3) is 0.222. The summed E-state index contributed by atoms with van der Waals surface area (Å²) in [6.45, 7) is 6.92. The Labute approximate surface area is 183 Å². The SMILES string of the molecule is COc1cccc(COc2ccc3c(c2)O/C(=C\c2ccc(C(C)(C)C)cc2)C3=O)c1. The molecule has 1 heterocycles. The van der Waals surface area contributed by atoms with E-state index in [4.69, 9.17) is 14.2 Å². The molecule has 0 saturated carbocycles. The van der Waals surface area contributed by atoms with Gasteiger partial charge in [0.2, 0.25) is 5.78 Å². The number of ether oxygens (including phenoxy) is 3. The molecule has 0 unspecified atom stereocenters. The van der Waals surface area contributed by atoms with Gasteiger partial charge in [-0.2, -0.15) is 0 Å². The molecular formula is C27H26O4. The fourth-order valence-corrected chi connectivity index (χ4v) is 3.42. The minimum Gasteiger partial charge on any atom is -0.497 e. The Morgan fingerprint density at radius 2 is 1.71 bits per heavy atom. The molecule has 3 aromatic rings. The topological polar surface area (TPSA) is 44.8 Å². The summed E-state index contributed by atoms with van der Waals surface area (Å²) >= 11 is 0. The molecule has 158 valence electrons. The van der Waals surface area contributed by atoms with Gasteiger partial charge in [0.15, 0.2) is 5.76 Å². The fourth-order valence-electron chi connectivity index (χ4n) is 3.42. The Balaban J connectivity index is 1.48. The molecule has 0 fully saturated rings. The summed E-state index contributed by atoms with van der Waals surface area (Å²) < 4.78 is 17.0. The molecule has 0 saturated heterocycles. The van der Waals surface area contributed by atoms with Gasteiger partial charge in [-0.3, -0.25) is 4.79 Å². The average Bonchev–Trinajstić information content (AvgIpc) is 3.07. The zero-order chi connectivity index (χ0) is 22.0. The van der Waals surface area contributed by atoms with E-state index in [1.54, 1.807) is 31.4 Å². The van der Waals surface area contributed by atoms with E-state index in [2.05, 4.69) is 32.9 Å². The number of methoxy groups -OCH3 is 1. The predicted octanol–water partition coefficient (Wildman–Crippen LogP) is 6.19. The minimum atomic E-state index is -0.116. The number of rotatable bonds is 5. The number of carbonyl (C=O) groups excluding carboxylic acids is 1. The van der Waals surface area contributed by atoms with Gasteiger partial charge in [-0.25, -0.2) is 0 Å². The van der Waals surface area contributed by atoms with E-state index in [0.29, 0.717) is 29.4 Å². The lowest BCUT2D eigenvalue weighted by Crippen LogP contribution is -2.10. The highest BCUT2D eigenvalue weighted by atomic mass is 16.5. The molecule has 0 spiro atoms. The molecule has 1 aliphatic rings. The van der Waals surface area contributed by atoms with Gasteiger partial charge in [-0.05, 0) is 52.4 Å². The molecule has 31 heavy (non-hydrogen) atoms. The van der Waals surface area contributed by atoms with Crippen molar-refractivity contribution in [3.63, 3.8) is 0 Å². The van der Waals surface area contributed by atoms with Crippen LogP contribution in [0.25, 0.3) is 6.08 Å². The molecule has 3 aromatic carbocycles. The Bertz CT molecular complexity index is 1130. The summed E-state index contributed by atoms with van der Waals surface area (Å²) in [6, 6.07) is 21.2. The van der Waals surface area contributed by atoms with Crippen molar-refractivity contribution in [2.45, 2.75) is 32.8 Å². The molecule has 0 radical (unpaired) electrons. The van der Waals surface area contributed by atoms with Gasteiger partial charge in [0.25, 0.3) is 0 Å². The molecule has 0 N–H and O–H groups in total. The third-order valence-electron chi connectivity index (χ3n) is 5.26. The molecule has 0 bridgehead atoms. The Morgan fingerprint density at radius 1 is 0.935 bits per heavy atom. The molecular weight excluding hydrogens is 388 g/mol. The summed E-state index contributed by atoms with van der Waals surface area (Å²) in [7, 11) is 1.64. The zero-order valence-corrected chi connectivity index (χ0v) is 18.3. The van der Waals surface area contributed by atoms with Crippen LogP contribution >= 0.6 is 0 Å². The maximum Gasteiger partial charge on any atom is 0.231 e. The molecule has 4 rings (SSSR count). The highest BCUT2D eigenvalue weighted by Crippen LogP contribution is 2.35. The molecule has 0 atom stereocenters. The van der Waals surface area contributed by atoms with E-state index < -0.39 is 0 Å². The van der Waals surface area contributed by atoms with Crippen molar-refractivity contribution in [2.75, 3.05) is 7.11 Å². The first-order valence-electron chi connectivity index (χ1n) is 10.3. The Morgan fingerprint density at radius 3 is 2.42 bits per heavy atom. The number of hydrogen-bond acceptors (Lipinski definition) is 4. The van der Waals surface area contributed by atoms with E-state index in [1.807, 2.05) is 36.4 Å². The van der Waals surface area contributed by atoms with Crippen LogP contribution in [0.4, 0.5) is 0 Å². The smallest absolute Gasteiger partial charge is 0.231 e. The third kappa shape index (κ3) is 4.64. The monoisotopic (exact) mass is 414 g/mol. The van der Waals surface area contributed by atoms with Crippen molar-refractivity contribution >= 4 is 11.9 Å². The highest BCUT2D eigenvalue weighted by molar-refractivity contribution is 6.14. The standard InChI is InChI=1S/C27H26O4/c1-27(2,3)20-10-8-18(9-11-20)15-25-26(28)23-13-12-22(16-24(23)31-25)30-17-19-6-5-7-21(14-19)29-4/h5-16H,17H2,1-4H3/b25-15-. The van der Waals surface area contributed by atoms with Crippen LogP contribution in [0.1, 0.15) is 47.8 Å². The summed E-state index contributed by atoms with van der Waals surface area (Å²) in [5.74, 6) is 2.16. The number of allylic oxidation sites excluding steroid dienone is 1. The molecule has 0 aliphatic carbocycles. The van der Waals surface area contributed by atoms with Gasteiger partial charge in [0, 0.05) is 6.07 Å². The van der Waals surface area contributed by atoms with Gasteiger partial charge in [-0.1, -0.05) is 57.2 Å². The highest BCUT2D eigenvalue weighted by Gasteiger charge is 2.27. The molecule has 4 heteroatoms. The van der Waals surface area contributed by atoms with Gasteiger partial charge in [-0.15, -0.1) is 0 Å². The number of carbonyl (C=O) groups is 1. The molecule has 0 amide bonds. The quantitative estimate of drug-likeness (QED) is 0.467. The number of ketones is 1. The Hall–Kier alpha value is -3.53. The van der Waals surface area contributed by atoms with E-state index in [-0.39, 0.29) is 11.2 Å². The van der Waals surface area contributed by atoms with Crippen LogP contribution < -0.4 is 14.2 Å². The van der Waals surface area contributed by atoms with Crippen molar-refractivity contribution in [2.24, 2.45) is 0 Å². The maximum atomic E-state index is 12.7. The van der Waals surface area contributed by atoms with Gasteiger partial charge >= 0.3 is 0 Å². The summed E-state index contributed by atoms with van der Waals surface area (Å²) in [5.41, 5.74) is 3.80. The first-order valence-corrected chi connectivity index (χ1v) is 10.3. The van der Waals surface area contributed by atoms with E-state index in [0.717, 1.165) is 16.9 Å². The van der Waals surface area contributed by atoms with Crippen LogP contribution in [0, 0.1) is 0 Å². The largest absolute Gasteiger partial charge is 0.497 e. The van der Waals surface area contributed by atoms with Crippen molar-refractivity contribution in [3.05, 3.63) is 94.7 Å². The van der Waals surface area contributed by atoms with Crippen LogP contribution in [0.3, 0.4) is 0 Å². The third-order valence-corrected chi connectivity index (χ3v) is 5.26. The number of Topliss-reactive ketones (excluding diaryl/α,β-unsaturated/α-hetero) is 1. The summed E-state index contributed by atoms with van der Waals surface area (Å²) in [6.07, 6.45) is 1.78. The van der Waals surface area contributed by atoms with Gasteiger partial charge in [0.1, 0.15) is 23.9 Å². The first kappa shape index (κ1) is 20.7. The van der Waals surface area contributed by atoms with E-state index in [1.165, 1.54) is 5.56 Å². The first-order chi connectivity index (χ1) is 14.8. The number of hydrogen-bond donors (Lipinski definition) is 0. The van der Waals surface area contributed by atoms with Gasteiger partial charge < -0.3 is 14.2 Å². The van der Waals surface area contributed by atoms with E-state index >= 15 is 0 Å². The van der Waals surface area contributed by atoms with Crippen LogP contribution in [-0.4, -0.2) is 12.9 Å². The normalized spacial score (nSPS) is 14.3. The lowest BCUT2D eigenvalue weighted by molar-refractivity contribution is 0.101. The lowest BCUT2D eigenvalue weighted by atomic mass is 9.86. The second-order valence-electron chi connectivity index (χ2n) is 8.61. The molecule has 0 aromatic heterocycles. The summed E-state index contributed by atoms with van der Waals surface area (Å²) in [5, 5.41) is 0. The van der Waals surface area contributed by atoms with Crippen LogP contribution in [0.2, 0.25) is 0 Å². The van der Waals surface area contributed by atoms with Crippen molar-refractivity contribution in [1.82, 2.24) is 0 Å². The zero-order valence-electron chi connectivity index (χ0n) is 18.3. The van der Waals surface area contributed by atoms with Crippen LogP contribution in [-0.2, 0) is 12.0 Å². The maximum absolute atomic E-state index is 12.7. The van der Waals surface area contributed by atoms with Crippen LogP contribution in [0.5, 0.6) is 17.2 Å². The van der Waals surface area contributed by atoms with Crippen LogP contribution in [0.15, 0.2) is 72.5 Å². The predicted molar refractivity (Wildman–Crippen MR) is 122 cm³/mol. The number of fused-ring (bicyclic) bond motifs is 1. The van der Waals surface area contributed by atoms with Crippen molar-refractivity contribution < 1.29 is 19.0 Å². The lowest BCUT2D eigenvalue weighted by Gasteiger charge is -2.18. The Kier molecular flexibility index (Phi) is 5.55. The summed E-state index contributed by atoms with van der Waals surface area (Å²) in [4.78, 5) is 12.7. The molecule has 1 aliphatic heterocycles. The minimum absolute atomic E-state index is 0.0862. The average molecular weight is 415 g/mol. The molecule has 4 nitrogen and oxygen atoms in total. The second kappa shape index (κ2) is 8.31. The van der Waals surface area contributed by atoms with E-state index in [9.17, 15) is 4.79 Å².